The molecular formula is C3H5FN. The lowest BCUT2D eigenvalue weighted by atomic mass is 10.6. The van der Waals surface area contributed by atoms with Gasteiger partial charge in [-0.2, -0.15) is 0 Å². The Morgan fingerprint density at radius 2 is 2.20 bits per heavy atom. The fourth-order valence-corrected chi connectivity index (χ4v) is 0. The summed E-state index contributed by atoms with van der Waals surface area (Å²) in [5, 5.41) is 0. The van der Waals surface area contributed by atoms with Crippen LogP contribution >= 0.6 is 0 Å². The molecule has 2 N–H and O–H groups in total. The zero-order valence-electron chi connectivity index (χ0n) is 2.74. The Bertz CT molecular complexity index is 33.9. The van der Waals surface area contributed by atoms with Crippen LogP contribution in [-0.4, -0.2) is 0 Å². The summed E-state index contributed by atoms with van der Waals surface area (Å²) in [7, 11) is 0. The van der Waals surface area contributed by atoms with Crippen molar-refractivity contribution in [2.45, 2.75) is 0 Å². The average molecular weight is 74.1 g/mol. The van der Waals surface area contributed by atoms with Crippen LogP contribution in [0.3, 0.4) is 0 Å². The van der Waals surface area contributed by atoms with Gasteiger partial charge in [0.25, 0.3) is 0 Å². The zero-order valence-corrected chi connectivity index (χ0v) is 2.74. The predicted molar refractivity (Wildman–Crippen MR) is 18.7 cm³/mol. The monoisotopic (exact) mass is 74.0 g/mol. The molecule has 0 atom stereocenters. The van der Waals surface area contributed by atoms with Crippen molar-refractivity contribution in [3.05, 3.63) is 19.0 Å². The van der Waals surface area contributed by atoms with Crippen LogP contribution in [0.25, 0.3) is 0 Å². The van der Waals surface area contributed by atoms with Gasteiger partial charge in [-0.1, -0.05) is 6.58 Å². The van der Waals surface area contributed by atoms with Crippen molar-refractivity contribution in [1.82, 2.24) is 0 Å². The van der Waals surface area contributed by atoms with Gasteiger partial charge in [-0.15, -0.1) is 0 Å². The van der Waals surface area contributed by atoms with Crippen molar-refractivity contribution in [1.29, 1.82) is 0 Å². The highest BCUT2D eigenvalue weighted by Crippen LogP contribution is 1.85. The summed E-state index contributed by atoms with van der Waals surface area (Å²) in [5.41, 5.74) is 4.42. The highest BCUT2D eigenvalue weighted by molar-refractivity contribution is 4.88. The number of halogens is 1. The van der Waals surface area contributed by atoms with Crippen LogP contribution in [0, 0.1) is 6.30 Å². The Hall–Kier alpha value is -0.370. The zero-order chi connectivity index (χ0) is 4.28. The van der Waals surface area contributed by atoms with E-state index in [1.165, 1.54) is 0 Å². The SMILES string of the molecule is C=C[C](N)F. The molecule has 0 bridgehead atoms. The van der Waals surface area contributed by atoms with E-state index in [4.69, 9.17) is 0 Å². The summed E-state index contributed by atoms with van der Waals surface area (Å²) in [6.45, 7) is 3.02. The second-order valence-electron chi connectivity index (χ2n) is 0.589. The minimum absolute atomic E-state index is 0.731. The Kier molecular flexibility index (Phi) is 1.76. The third kappa shape index (κ3) is 3.63. The predicted octanol–water partition coefficient (Wildman–Crippen LogP) is 0.590. The number of nitrogens with two attached hydrogens (primary N) is 1. The summed E-state index contributed by atoms with van der Waals surface area (Å²) in [4.78, 5) is 0. The van der Waals surface area contributed by atoms with Gasteiger partial charge in [0.2, 0.25) is 6.30 Å². The van der Waals surface area contributed by atoms with Crippen molar-refractivity contribution < 1.29 is 4.39 Å². The fourth-order valence-electron chi connectivity index (χ4n) is 0. The van der Waals surface area contributed by atoms with Gasteiger partial charge in [-0.25, -0.2) is 4.39 Å². The third-order valence-corrected chi connectivity index (χ3v) is 0.195. The molecule has 0 aliphatic rings. The summed E-state index contributed by atoms with van der Waals surface area (Å²) in [5.74, 6) is 0. The molecule has 5 heavy (non-hydrogen) atoms. The molecule has 0 unspecified atom stereocenters. The average Bonchev–Trinajstić information content (AvgIpc) is 1.38. The minimum Gasteiger partial charge on any atom is -0.292 e. The Balaban J connectivity index is 2.83. The molecule has 0 saturated carbocycles. The van der Waals surface area contributed by atoms with Crippen LogP contribution < -0.4 is 5.73 Å². The van der Waals surface area contributed by atoms with E-state index in [1.807, 2.05) is 0 Å². The van der Waals surface area contributed by atoms with Crippen LogP contribution in [0.4, 0.5) is 4.39 Å². The lowest BCUT2D eigenvalue weighted by Gasteiger charge is -1.78. The molecule has 1 radical (unpaired) electrons. The largest absolute Gasteiger partial charge is 0.292 e. The minimum atomic E-state index is -0.731. The third-order valence-electron chi connectivity index (χ3n) is 0.195. The van der Waals surface area contributed by atoms with E-state index in [9.17, 15) is 4.39 Å². The molecule has 0 aromatic heterocycles. The molecule has 0 fully saturated rings. The van der Waals surface area contributed by atoms with E-state index in [0.717, 1.165) is 6.08 Å². The van der Waals surface area contributed by atoms with E-state index in [0.29, 0.717) is 0 Å². The molecule has 0 saturated heterocycles. The highest BCUT2D eigenvalue weighted by Gasteiger charge is 1.82. The second kappa shape index (κ2) is 1.91. The van der Waals surface area contributed by atoms with Gasteiger partial charge in [0.1, 0.15) is 0 Å². The van der Waals surface area contributed by atoms with Crippen molar-refractivity contribution in [2.75, 3.05) is 0 Å². The van der Waals surface area contributed by atoms with E-state index < -0.39 is 6.30 Å². The van der Waals surface area contributed by atoms with Gasteiger partial charge in [0.15, 0.2) is 0 Å². The van der Waals surface area contributed by atoms with Crippen molar-refractivity contribution in [2.24, 2.45) is 5.73 Å². The summed E-state index contributed by atoms with van der Waals surface area (Å²) in [6.07, 6.45) is 0.213. The number of rotatable bonds is 1. The fraction of sp³-hybridized carbons (Fsp3) is 0. The Morgan fingerprint density at radius 3 is 2.20 bits per heavy atom. The second-order valence-corrected chi connectivity index (χ2v) is 0.589. The van der Waals surface area contributed by atoms with Gasteiger partial charge in [0.05, 0.1) is 0 Å². The molecule has 0 aliphatic heterocycles. The standard InChI is InChI=1S/C3H5FN/c1-2-3(4)5/h2H,1,5H2. The molecule has 1 nitrogen and oxygen atoms in total. The summed E-state index contributed by atoms with van der Waals surface area (Å²) >= 11 is 0. The maximum absolute atomic E-state index is 11.0. The van der Waals surface area contributed by atoms with Gasteiger partial charge >= 0.3 is 0 Å². The smallest absolute Gasteiger partial charge is 0.228 e. The van der Waals surface area contributed by atoms with Crippen LogP contribution in [-0.2, 0) is 0 Å². The summed E-state index contributed by atoms with van der Waals surface area (Å²) in [6, 6.07) is 0. The first kappa shape index (κ1) is 4.63. The molecule has 0 aromatic rings. The number of hydrogen-bond donors (Lipinski definition) is 1. The maximum Gasteiger partial charge on any atom is 0.228 e. The van der Waals surface area contributed by atoms with E-state index in [2.05, 4.69) is 12.3 Å². The molecule has 0 spiro atoms. The molecule has 0 rings (SSSR count). The van der Waals surface area contributed by atoms with Crippen LogP contribution in [0.2, 0.25) is 0 Å². The molecular weight excluding hydrogens is 69.0 g/mol. The van der Waals surface area contributed by atoms with E-state index >= 15 is 0 Å². The van der Waals surface area contributed by atoms with Gasteiger partial charge in [-0.3, -0.25) is 5.73 Å². The molecule has 0 aliphatic carbocycles. The van der Waals surface area contributed by atoms with Gasteiger partial charge in [-0.05, 0) is 6.08 Å². The first-order valence-corrected chi connectivity index (χ1v) is 1.17. The Labute approximate surface area is 30.3 Å². The normalized spacial score (nSPS) is 8.60. The molecule has 0 amide bonds. The van der Waals surface area contributed by atoms with Crippen LogP contribution in [0.5, 0.6) is 0 Å². The van der Waals surface area contributed by atoms with Gasteiger partial charge in [0, 0.05) is 0 Å². The highest BCUT2D eigenvalue weighted by atomic mass is 19.1. The molecule has 2 heteroatoms. The van der Waals surface area contributed by atoms with E-state index in [-0.39, 0.29) is 0 Å². The summed E-state index contributed by atoms with van der Waals surface area (Å²) < 4.78 is 11.0. The van der Waals surface area contributed by atoms with E-state index in [1.54, 1.807) is 0 Å². The van der Waals surface area contributed by atoms with Crippen molar-refractivity contribution in [3.8, 4) is 0 Å². The van der Waals surface area contributed by atoms with Gasteiger partial charge < -0.3 is 0 Å². The Morgan fingerprint density at radius 1 is 2.00 bits per heavy atom. The van der Waals surface area contributed by atoms with Crippen LogP contribution in [0.15, 0.2) is 12.7 Å². The molecule has 29 valence electrons. The lowest BCUT2D eigenvalue weighted by Crippen LogP contribution is -1.95. The van der Waals surface area contributed by atoms with Crippen LogP contribution in [0.1, 0.15) is 0 Å². The quantitative estimate of drug-likeness (QED) is 0.452. The lowest BCUT2D eigenvalue weighted by molar-refractivity contribution is 0.542. The molecule has 0 heterocycles. The van der Waals surface area contributed by atoms with Crippen molar-refractivity contribution >= 4 is 0 Å². The maximum atomic E-state index is 11.0. The first-order valence-electron chi connectivity index (χ1n) is 1.17. The topological polar surface area (TPSA) is 26.0 Å². The molecule has 0 aromatic carbocycles. The van der Waals surface area contributed by atoms with Crippen molar-refractivity contribution in [3.63, 3.8) is 0 Å². The number of hydrogen-bond acceptors (Lipinski definition) is 1. The first-order chi connectivity index (χ1) is 2.27.